The fourth-order valence-corrected chi connectivity index (χ4v) is 5.38. The van der Waals surface area contributed by atoms with Crippen LogP contribution in [0.4, 0.5) is 5.82 Å². The number of anilines is 1. The Morgan fingerprint density at radius 2 is 1.80 bits per heavy atom. The molecule has 0 spiro atoms. The Bertz CT molecular complexity index is 1190. The molecule has 0 unspecified atom stereocenters. The largest absolute Gasteiger partial charge is 0.354 e. The van der Waals surface area contributed by atoms with Crippen LogP contribution in [0.2, 0.25) is 0 Å². The van der Waals surface area contributed by atoms with Crippen LogP contribution in [0.25, 0.3) is 16.6 Å². The summed E-state index contributed by atoms with van der Waals surface area (Å²) < 4.78 is 27.0. The van der Waals surface area contributed by atoms with Crippen LogP contribution in [-0.4, -0.2) is 59.9 Å². The zero-order valence-electron chi connectivity index (χ0n) is 17.5. The summed E-state index contributed by atoms with van der Waals surface area (Å²) in [6.07, 6.45) is 8.76. The SMILES string of the molecule is CC1(c2ccc3cnn(-c4ccnc(N5CCN(S(C)(=O)=O)CC5)c4)c3c2)CCC1. The number of fused-ring (bicyclic) bond motifs is 1. The quantitative estimate of drug-likeness (QED) is 0.643. The third kappa shape index (κ3) is 3.37. The first-order valence-electron chi connectivity index (χ1n) is 10.5. The van der Waals surface area contributed by atoms with E-state index in [0.717, 1.165) is 22.4 Å². The van der Waals surface area contributed by atoms with Crippen LogP contribution in [0.5, 0.6) is 0 Å². The van der Waals surface area contributed by atoms with E-state index in [4.69, 9.17) is 0 Å². The lowest BCUT2D eigenvalue weighted by Gasteiger charge is -2.39. The lowest BCUT2D eigenvalue weighted by molar-refractivity contribution is 0.272. The summed E-state index contributed by atoms with van der Waals surface area (Å²) in [7, 11) is -3.14. The minimum absolute atomic E-state index is 0.284. The van der Waals surface area contributed by atoms with Gasteiger partial charge in [0, 0.05) is 43.8 Å². The number of piperazine rings is 1. The van der Waals surface area contributed by atoms with E-state index in [0.29, 0.717) is 26.2 Å². The van der Waals surface area contributed by atoms with Crippen molar-refractivity contribution in [1.82, 2.24) is 19.1 Å². The third-order valence-electron chi connectivity index (χ3n) is 6.73. The Labute approximate surface area is 177 Å². The van der Waals surface area contributed by atoms with E-state index in [1.165, 1.54) is 35.4 Å². The van der Waals surface area contributed by atoms with E-state index in [-0.39, 0.29) is 5.41 Å². The Hall–Kier alpha value is -2.45. The summed E-state index contributed by atoms with van der Waals surface area (Å²) in [5, 5.41) is 5.77. The molecule has 2 aliphatic rings. The van der Waals surface area contributed by atoms with Crippen molar-refractivity contribution >= 4 is 26.7 Å². The average molecular weight is 426 g/mol. The second-order valence-corrected chi connectivity index (χ2v) is 10.7. The summed E-state index contributed by atoms with van der Waals surface area (Å²) in [6, 6.07) is 10.7. The van der Waals surface area contributed by atoms with Gasteiger partial charge in [-0.2, -0.15) is 9.40 Å². The Morgan fingerprint density at radius 3 is 2.47 bits per heavy atom. The van der Waals surface area contributed by atoms with Gasteiger partial charge in [0.15, 0.2) is 0 Å². The maximum absolute atomic E-state index is 11.8. The molecule has 7 nitrogen and oxygen atoms in total. The third-order valence-corrected chi connectivity index (χ3v) is 8.03. The van der Waals surface area contributed by atoms with Crippen molar-refractivity contribution in [3.8, 4) is 5.69 Å². The molecule has 3 heterocycles. The standard InChI is InChI=1S/C22H27N5O2S/c1-22(7-3-8-22)18-5-4-17-16-24-27(20(17)14-18)19-6-9-23-21(15-19)25-10-12-26(13-11-25)30(2,28)29/h4-6,9,14-16H,3,7-8,10-13H2,1-2H3. The van der Waals surface area contributed by atoms with Crippen molar-refractivity contribution in [2.24, 2.45) is 0 Å². The van der Waals surface area contributed by atoms with Gasteiger partial charge in [-0.1, -0.05) is 25.5 Å². The number of hydrogen-bond acceptors (Lipinski definition) is 5. The summed E-state index contributed by atoms with van der Waals surface area (Å²) in [4.78, 5) is 6.67. The summed E-state index contributed by atoms with van der Waals surface area (Å²) >= 11 is 0. The molecule has 1 aliphatic heterocycles. The summed E-state index contributed by atoms with van der Waals surface area (Å²) in [6.45, 7) is 4.57. The molecule has 5 rings (SSSR count). The molecule has 3 aromatic rings. The van der Waals surface area contributed by atoms with Gasteiger partial charge in [0.1, 0.15) is 5.82 Å². The summed E-state index contributed by atoms with van der Waals surface area (Å²) in [5.74, 6) is 0.853. The Balaban J connectivity index is 1.44. The van der Waals surface area contributed by atoms with Gasteiger partial charge < -0.3 is 4.90 Å². The van der Waals surface area contributed by atoms with E-state index in [1.807, 2.05) is 23.0 Å². The maximum atomic E-state index is 11.8. The van der Waals surface area contributed by atoms with Crippen LogP contribution < -0.4 is 4.90 Å². The lowest BCUT2D eigenvalue weighted by Crippen LogP contribution is -2.48. The molecule has 1 saturated carbocycles. The molecule has 0 amide bonds. The fraction of sp³-hybridized carbons (Fsp3) is 0.455. The molecule has 30 heavy (non-hydrogen) atoms. The second kappa shape index (κ2) is 7.06. The summed E-state index contributed by atoms with van der Waals surface area (Å²) in [5.41, 5.74) is 3.75. The molecular weight excluding hydrogens is 398 g/mol. The van der Waals surface area contributed by atoms with E-state index < -0.39 is 10.0 Å². The van der Waals surface area contributed by atoms with Gasteiger partial charge in [-0.3, -0.25) is 0 Å². The highest BCUT2D eigenvalue weighted by molar-refractivity contribution is 7.88. The number of sulfonamides is 1. The molecule has 1 saturated heterocycles. The molecule has 2 aromatic heterocycles. The van der Waals surface area contributed by atoms with Gasteiger partial charge in [-0.15, -0.1) is 0 Å². The van der Waals surface area contributed by atoms with Crippen LogP contribution in [-0.2, 0) is 15.4 Å². The van der Waals surface area contributed by atoms with Crippen molar-refractivity contribution in [3.05, 3.63) is 48.3 Å². The van der Waals surface area contributed by atoms with Crippen LogP contribution in [0.15, 0.2) is 42.7 Å². The molecule has 1 aliphatic carbocycles. The minimum Gasteiger partial charge on any atom is -0.354 e. The van der Waals surface area contributed by atoms with Crippen molar-refractivity contribution in [1.29, 1.82) is 0 Å². The molecule has 8 heteroatoms. The van der Waals surface area contributed by atoms with Gasteiger partial charge in [0.05, 0.1) is 23.7 Å². The monoisotopic (exact) mass is 425 g/mol. The second-order valence-electron chi connectivity index (χ2n) is 8.77. The van der Waals surface area contributed by atoms with Crippen molar-refractivity contribution in [2.75, 3.05) is 37.3 Å². The molecule has 1 aromatic carbocycles. The van der Waals surface area contributed by atoms with E-state index in [9.17, 15) is 8.42 Å². The number of hydrogen-bond donors (Lipinski definition) is 0. The highest BCUT2D eigenvalue weighted by Crippen LogP contribution is 2.43. The molecule has 0 N–H and O–H groups in total. The smallest absolute Gasteiger partial charge is 0.211 e. The molecule has 0 bridgehead atoms. The van der Waals surface area contributed by atoms with E-state index >= 15 is 0 Å². The number of rotatable bonds is 4. The van der Waals surface area contributed by atoms with Crippen molar-refractivity contribution in [3.63, 3.8) is 0 Å². The molecule has 2 fully saturated rings. The fourth-order valence-electron chi connectivity index (χ4n) is 4.56. The Kier molecular flexibility index (Phi) is 4.59. The van der Waals surface area contributed by atoms with Gasteiger partial charge in [-0.25, -0.2) is 18.1 Å². The number of pyridine rings is 1. The first kappa shape index (κ1) is 19.5. The van der Waals surface area contributed by atoms with Crippen LogP contribution in [0.3, 0.4) is 0 Å². The zero-order valence-corrected chi connectivity index (χ0v) is 18.3. The van der Waals surface area contributed by atoms with Crippen LogP contribution >= 0.6 is 0 Å². The number of benzene rings is 1. The Morgan fingerprint density at radius 1 is 1.03 bits per heavy atom. The number of nitrogens with zero attached hydrogens (tertiary/aromatic N) is 5. The van der Waals surface area contributed by atoms with Gasteiger partial charge in [0.25, 0.3) is 0 Å². The predicted octanol–water partition coefficient (Wildman–Crippen LogP) is 2.94. The topological polar surface area (TPSA) is 71.3 Å². The molecule has 158 valence electrons. The predicted molar refractivity (Wildman–Crippen MR) is 119 cm³/mol. The minimum atomic E-state index is -3.14. The van der Waals surface area contributed by atoms with Gasteiger partial charge in [-0.05, 0) is 36.0 Å². The molecule has 0 radical (unpaired) electrons. The molecule has 0 atom stereocenters. The van der Waals surface area contributed by atoms with E-state index in [1.54, 1.807) is 6.20 Å². The first-order valence-corrected chi connectivity index (χ1v) is 12.3. The van der Waals surface area contributed by atoms with Crippen molar-refractivity contribution in [2.45, 2.75) is 31.6 Å². The molecular formula is C22H27N5O2S. The average Bonchev–Trinajstić information content (AvgIpc) is 3.15. The van der Waals surface area contributed by atoms with Gasteiger partial charge in [0.2, 0.25) is 10.0 Å². The number of aromatic nitrogens is 3. The van der Waals surface area contributed by atoms with Gasteiger partial charge >= 0.3 is 0 Å². The zero-order chi connectivity index (χ0) is 20.9. The highest BCUT2D eigenvalue weighted by atomic mass is 32.2. The van der Waals surface area contributed by atoms with Crippen molar-refractivity contribution < 1.29 is 8.42 Å². The first-order chi connectivity index (χ1) is 14.3. The van der Waals surface area contributed by atoms with E-state index in [2.05, 4.69) is 40.1 Å². The maximum Gasteiger partial charge on any atom is 0.211 e. The highest BCUT2D eigenvalue weighted by Gasteiger charge is 2.33. The lowest BCUT2D eigenvalue weighted by atomic mass is 9.66. The van der Waals surface area contributed by atoms with Crippen LogP contribution in [0.1, 0.15) is 31.7 Å². The normalized spacial score (nSPS) is 19.7. The van der Waals surface area contributed by atoms with Crippen LogP contribution in [0, 0.1) is 0 Å².